The van der Waals surface area contributed by atoms with Gasteiger partial charge in [-0.3, -0.25) is 0 Å². The Hall–Kier alpha value is 0.460. The average Bonchev–Trinajstić information content (AvgIpc) is 2.27. The van der Waals surface area contributed by atoms with Crippen molar-refractivity contribution in [3.8, 4) is 0 Å². The highest BCUT2D eigenvalue weighted by Crippen LogP contribution is 2.35. The fraction of sp³-hybridized carbons (Fsp3) is 0.571. The molecule has 0 amide bonds. The minimum absolute atomic E-state index is 0.816. The largest absolute Gasteiger partial charge is 0.383 e. The molecule has 1 saturated carbocycles. The molecule has 0 radical (unpaired) electrons. The lowest BCUT2D eigenvalue weighted by Crippen LogP contribution is -2.21. The Bertz CT molecular complexity index is 396. The van der Waals surface area contributed by atoms with E-state index in [4.69, 9.17) is 0 Å². The maximum absolute atomic E-state index is 3.61. The molecule has 2 rings (SSSR count). The highest BCUT2D eigenvalue weighted by molar-refractivity contribution is 9.11. The number of benzene rings is 1. The summed E-state index contributed by atoms with van der Waals surface area (Å²) in [5, 5.41) is 3.58. The summed E-state index contributed by atoms with van der Waals surface area (Å²) in [4.78, 5) is 0. The van der Waals surface area contributed by atoms with Crippen LogP contribution in [0.5, 0.6) is 0 Å². The standard InChI is InChI=1S/C14H18Br3N/c1-9-3-2-4-10(5-9)8-18-14-12(16)6-11(15)7-13(14)17/h6-7,9-10,18H,2-5,8H2,1H3. The lowest BCUT2D eigenvalue weighted by molar-refractivity contribution is 0.293. The Labute approximate surface area is 134 Å². The van der Waals surface area contributed by atoms with Crippen LogP contribution in [0.15, 0.2) is 25.6 Å². The highest BCUT2D eigenvalue weighted by atomic mass is 79.9. The van der Waals surface area contributed by atoms with Gasteiger partial charge in [0.15, 0.2) is 0 Å². The van der Waals surface area contributed by atoms with Gasteiger partial charge in [0.2, 0.25) is 0 Å². The van der Waals surface area contributed by atoms with Crippen LogP contribution < -0.4 is 5.32 Å². The third-order valence-electron chi connectivity index (χ3n) is 3.62. The fourth-order valence-electron chi connectivity index (χ4n) is 2.70. The zero-order valence-corrected chi connectivity index (χ0v) is 15.2. The number of hydrogen-bond donors (Lipinski definition) is 1. The lowest BCUT2D eigenvalue weighted by atomic mass is 9.82. The van der Waals surface area contributed by atoms with Gasteiger partial charge in [-0.15, -0.1) is 0 Å². The molecule has 100 valence electrons. The number of rotatable bonds is 3. The zero-order chi connectivity index (χ0) is 13.1. The molecule has 1 nitrogen and oxygen atoms in total. The summed E-state index contributed by atoms with van der Waals surface area (Å²) >= 11 is 10.7. The first-order chi connectivity index (χ1) is 8.56. The van der Waals surface area contributed by atoms with Crippen molar-refractivity contribution < 1.29 is 0 Å². The SMILES string of the molecule is CC1CCCC(CNc2c(Br)cc(Br)cc2Br)C1. The molecule has 1 fully saturated rings. The van der Waals surface area contributed by atoms with Gasteiger partial charge < -0.3 is 5.32 Å². The van der Waals surface area contributed by atoms with Crippen molar-refractivity contribution in [3.05, 3.63) is 25.6 Å². The number of nitrogens with one attached hydrogen (secondary N) is 1. The topological polar surface area (TPSA) is 12.0 Å². The second-order valence-electron chi connectivity index (χ2n) is 5.26. The molecule has 0 saturated heterocycles. The van der Waals surface area contributed by atoms with Gasteiger partial charge in [-0.2, -0.15) is 0 Å². The van der Waals surface area contributed by atoms with Crippen LogP contribution in [0.4, 0.5) is 5.69 Å². The van der Waals surface area contributed by atoms with E-state index in [1.165, 1.54) is 25.7 Å². The van der Waals surface area contributed by atoms with Gasteiger partial charge >= 0.3 is 0 Å². The Morgan fingerprint density at radius 3 is 2.44 bits per heavy atom. The second kappa shape index (κ2) is 6.76. The van der Waals surface area contributed by atoms with E-state index in [2.05, 4.69) is 72.2 Å². The minimum atomic E-state index is 0.816. The Kier molecular flexibility index (Phi) is 5.58. The van der Waals surface area contributed by atoms with Crippen LogP contribution >= 0.6 is 47.8 Å². The van der Waals surface area contributed by atoms with Gasteiger partial charge in [0.1, 0.15) is 0 Å². The molecule has 1 aromatic rings. The quantitative estimate of drug-likeness (QED) is 0.590. The van der Waals surface area contributed by atoms with E-state index < -0.39 is 0 Å². The van der Waals surface area contributed by atoms with Crippen molar-refractivity contribution in [3.63, 3.8) is 0 Å². The first-order valence-electron chi connectivity index (χ1n) is 6.44. The van der Waals surface area contributed by atoms with E-state index >= 15 is 0 Å². The summed E-state index contributed by atoms with van der Waals surface area (Å²) in [6, 6.07) is 4.16. The average molecular weight is 440 g/mol. The van der Waals surface area contributed by atoms with Crippen molar-refractivity contribution in [2.45, 2.75) is 32.6 Å². The van der Waals surface area contributed by atoms with Crippen LogP contribution in [0.25, 0.3) is 0 Å². The van der Waals surface area contributed by atoms with Gasteiger partial charge in [-0.25, -0.2) is 0 Å². The van der Waals surface area contributed by atoms with Crippen LogP contribution in [0.3, 0.4) is 0 Å². The molecule has 0 aromatic heterocycles. The van der Waals surface area contributed by atoms with Gasteiger partial charge in [-0.1, -0.05) is 35.7 Å². The van der Waals surface area contributed by atoms with Crippen molar-refractivity contribution >= 4 is 53.5 Å². The molecule has 0 spiro atoms. The first-order valence-corrected chi connectivity index (χ1v) is 8.82. The number of hydrogen-bond acceptors (Lipinski definition) is 1. The third-order valence-corrected chi connectivity index (χ3v) is 5.33. The Morgan fingerprint density at radius 1 is 1.17 bits per heavy atom. The monoisotopic (exact) mass is 437 g/mol. The molecule has 2 unspecified atom stereocenters. The smallest absolute Gasteiger partial charge is 0.0629 e. The van der Waals surface area contributed by atoms with Crippen LogP contribution in [-0.2, 0) is 0 Å². The van der Waals surface area contributed by atoms with Crippen LogP contribution in [-0.4, -0.2) is 6.54 Å². The van der Waals surface area contributed by atoms with Crippen LogP contribution in [0, 0.1) is 11.8 Å². The van der Waals surface area contributed by atoms with Gasteiger partial charge in [0.05, 0.1) is 5.69 Å². The molecule has 0 bridgehead atoms. The Morgan fingerprint density at radius 2 is 1.83 bits per heavy atom. The van der Waals surface area contributed by atoms with Crippen LogP contribution in [0.2, 0.25) is 0 Å². The van der Waals surface area contributed by atoms with Crippen molar-refractivity contribution in [2.24, 2.45) is 11.8 Å². The van der Waals surface area contributed by atoms with E-state index in [-0.39, 0.29) is 0 Å². The van der Waals surface area contributed by atoms with Crippen molar-refractivity contribution in [2.75, 3.05) is 11.9 Å². The Balaban J connectivity index is 1.97. The molecule has 1 N–H and O–H groups in total. The molecule has 1 aromatic carbocycles. The normalized spacial score (nSPS) is 24.0. The number of anilines is 1. The summed E-state index contributed by atoms with van der Waals surface area (Å²) in [6.45, 7) is 3.45. The molecular formula is C14H18Br3N. The molecule has 1 aliphatic rings. The van der Waals surface area contributed by atoms with E-state index in [1.807, 2.05) is 0 Å². The summed E-state index contributed by atoms with van der Waals surface area (Å²) in [5.41, 5.74) is 1.16. The third kappa shape index (κ3) is 3.97. The summed E-state index contributed by atoms with van der Waals surface area (Å²) in [6.07, 6.45) is 5.51. The maximum atomic E-state index is 3.61. The summed E-state index contributed by atoms with van der Waals surface area (Å²) in [7, 11) is 0. The summed E-state index contributed by atoms with van der Waals surface area (Å²) in [5.74, 6) is 1.71. The molecule has 2 atom stereocenters. The van der Waals surface area contributed by atoms with Crippen molar-refractivity contribution in [1.29, 1.82) is 0 Å². The molecule has 0 heterocycles. The molecule has 4 heteroatoms. The van der Waals surface area contributed by atoms with E-state index in [1.54, 1.807) is 0 Å². The maximum Gasteiger partial charge on any atom is 0.0629 e. The molecule has 18 heavy (non-hydrogen) atoms. The fourth-order valence-corrected chi connectivity index (χ4v) is 5.24. The minimum Gasteiger partial charge on any atom is -0.383 e. The number of halogens is 3. The second-order valence-corrected chi connectivity index (χ2v) is 7.89. The van der Waals surface area contributed by atoms with Gasteiger partial charge in [-0.05, 0) is 68.7 Å². The van der Waals surface area contributed by atoms with E-state index in [9.17, 15) is 0 Å². The van der Waals surface area contributed by atoms with Gasteiger partial charge in [0, 0.05) is 20.0 Å². The van der Waals surface area contributed by atoms with Gasteiger partial charge in [0.25, 0.3) is 0 Å². The predicted molar refractivity (Wildman–Crippen MR) is 89.2 cm³/mol. The molecule has 0 aliphatic heterocycles. The van der Waals surface area contributed by atoms with E-state index in [0.29, 0.717) is 0 Å². The van der Waals surface area contributed by atoms with Crippen molar-refractivity contribution in [1.82, 2.24) is 0 Å². The molecule has 1 aliphatic carbocycles. The molecular weight excluding hydrogens is 422 g/mol. The highest BCUT2D eigenvalue weighted by Gasteiger charge is 2.19. The summed E-state index contributed by atoms with van der Waals surface area (Å²) < 4.78 is 3.29. The predicted octanol–water partition coefficient (Wildman–Crippen LogP) is 6.21. The zero-order valence-electron chi connectivity index (χ0n) is 10.5. The van der Waals surface area contributed by atoms with Crippen LogP contribution in [0.1, 0.15) is 32.6 Å². The lowest BCUT2D eigenvalue weighted by Gasteiger charge is -2.27. The first kappa shape index (κ1) is 14.9. The van der Waals surface area contributed by atoms with E-state index in [0.717, 1.165) is 37.5 Å².